The summed E-state index contributed by atoms with van der Waals surface area (Å²) in [4.78, 5) is 4.53. The Morgan fingerprint density at radius 3 is 2.58 bits per heavy atom. The first-order valence-corrected chi connectivity index (χ1v) is 7.36. The van der Waals surface area contributed by atoms with E-state index in [-0.39, 0.29) is 6.04 Å². The van der Waals surface area contributed by atoms with Crippen molar-refractivity contribution in [1.29, 1.82) is 0 Å². The molecule has 4 nitrogen and oxygen atoms in total. The molecule has 1 aromatic carbocycles. The van der Waals surface area contributed by atoms with Crippen molar-refractivity contribution in [3.05, 3.63) is 39.9 Å². The fourth-order valence-electron chi connectivity index (χ4n) is 1.94. The van der Waals surface area contributed by atoms with Crippen LogP contribution in [0.15, 0.2) is 22.7 Å². The molecule has 19 heavy (non-hydrogen) atoms. The lowest BCUT2D eigenvalue weighted by atomic mass is 10.1. The summed E-state index contributed by atoms with van der Waals surface area (Å²) < 4.78 is 2.90. The summed E-state index contributed by atoms with van der Waals surface area (Å²) in [6, 6.07) is 6.15. The molecule has 0 bridgehead atoms. The molecule has 102 valence electrons. The Hall–Kier alpha value is -1.20. The number of hydrogen-bond donors (Lipinski definition) is 1. The zero-order chi connectivity index (χ0) is 14.0. The average molecular weight is 323 g/mol. The van der Waals surface area contributed by atoms with Crippen molar-refractivity contribution < 1.29 is 0 Å². The van der Waals surface area contributed by atoms with Gasteiger partial charge in [-0.05, 0) is 40.5 Å². The van der Waals surface area contributed by atoms with Crippen LogP contribution in [0.3, 0.4) is 0 Å². The molecule has 0 aliphatic rings. The van der Waals surface area contributed by atoms with Gasteiger partial charge in [-0.25, -0.2) is 9.67 Å². The first-order chi connectivity index (χ1) is 9.06. The van der Waals surface area contributed by atoms with Crippen molar-refractivity contribution in [1.82, 2.24) is 14.8 Å². The molecule has 0 radical (unpaired) electrons. The third-order valence-corrected chi connectivity index (χ3v) is 3.71. The summed E-state index contributed by atoms with van der Waals surface area (Å²) in [5.74, 6) is 1.85. The molecular weight excluding hydrogens is 304 g/mol. The number of hydrogen-bond acceptors (Lipinski definition) is 3. The number of benzene rings is 1. The normalized spacial score (nSPS) is 12.7. The van der Waals surface area contributed by atoms with Gasteiger partial charge in [-0.15, -0.1) is 0 Å². The third-order valence-electron chi connectivity index (χ3n) is 3.08. The van der Waals surface area contributed by atoms with Crippen molar-refractivity contribution in [2.24, 2.45) is 5.73 Å². The minimum Gasteiger partial charge on any atom is -0.324 e. The molecule has 0 aliphatic heterocycles. The van der Waals surface area contributed by atoms with Crippen molar-refractivity contribution in [2.45, 2.75) is 39.7 Å². The van der Waals surface area contributed by atoms with Crippen LogP contribution in [0, 0.1) is 0 Å². The number of rotatable bonds is 4. The molecule has 2 rings (SSSR count). The fourth-order valence-corrected chi connectivity index (χ4v) is 2.51. The van der Waals surface area contributed by atoms with E-state index in [9.17, 15) is 0 Å². The van der Waals surface area contributed by atoms with Gasteiger partial charge in [-0.3, -0.25) is 0 Å². The van der Waals surface area contributed by atoms with Gasteiger partial charge in [-0.1, -0.05) is 19.9 Å². The second-order valence-electron chi connectivity index (χ2n) is 4.56. The Morgan fingerprint density at radius 2 is 2.05 bits per heavy atom. The Balaban J connectivity index is 2.49. The molecule has 0 amide bonds. The summed E-state index contributed by atoms with van der Waals surface area (Å²) in [5.41, 5.74) is 8.01. The van der Waals surface area contributed by atoms with Crippen molar-refractivity contribution >= 4 is 15.9 Å². The first kappa shape index (κ1) is 14.2. The lowest BCUT2D eigenvalue weighted by molar-refractivity contribution is 0.781. The quantitative estimate of drug-likeness (QED) is 0.940. The van der Waals surface area contributed by atoms with E-state index in [2.05, 4.69) is 39.9 Å². The maximum atomic E-state index is 5.90. The van der Waals surface area contributed by atoms with Crippen LogP contribution in [0.2, 0.25) is 0 Å². The van der Waals surface area contributed by atoms with Crippen LogP contribution >= 0.6 is 15.9 Å². The largest absolute Gasteiger partial charge is 0.324 e. The van der Waals surface area contributed by atoms with Crippen LogP contribution in [-0.2, 0) is 12.8 Å². The molecule has 2 aromatic rings. The Labute approximate surface area is 122 Å². The summed E-state index contributed by atoms with van der Waals surface area (Å²) in [5, 5.41) is 4.55. The third kappa shape index (κ3) is 2.87. The van der Waals surface area contributed by atoms with Gasteiger partial charge in [0.1, 0.15) is 5.82 Å². The van der Waals surface area contributed by atoms with Gasteiger partial charge in [0.05, 0.1) is 5.69 Å². The van der Waals surface area contributed by atoms with E-state index in [1.54, 1.807) is 0 Å². The minimum absolute atomic E-state index is 0.0259. The highest BCUT2D eigenvalue weighted by molar-refractivity contribution is 9.10. The molecule has 0 aliphatic carbocycles. The molecule has 2 N–H and O–H groups in total. The van der Waals surface area contributed by atoms with E-state index in [0.717, 1.165) is 40.2 Å². The molecule has 0 saturated heterocycles. The maximum absolute atomic E-state index is 5.90. The number of aromatic nitrogens is 3. The molecule has 1 aromatic heterocycles. The minimum atomic E-state index is 0.0259. The molecular formula is C14H19BrN4. The molecule has 0 unspecified atom stereocenters. The summed E-state index contributed by atoms with van der Waals surface area (Å²) in [6.07, 6.45) is 1.70. The highest BCUT2D eigenvalue weighted by atomic mass is 79.9. The van der Waals surface area contributed by atoms with E-state index in [4.69, 9.17) is 5.73 Å². The van der Waals surface area contributed by atoms with Crippen molar-refractivity contribution in [3.63, 3.8) is 0 Å². The smallest absolute Gasteiger partial charge is 0.151 e. The van der Waals surface area contributed by atoms with Gasteiger partial charge in [-0.2, -0.15) is 5.10 Å². The van der Waals surface area contributed by atoms with E-state index >= 15 is 0 Å². The summed E-state index contributed by atoms with van der Waals surface area (Å²) in [6.45, 7) is 6.13. The number of aryl methyl sites for hydroxylation is 2. The zero-order valence-electron chi connectivity index (χ0n) is 11.5. The molecule has 1 heterocycles. The predicted octanol–water partition coefficient (Wildman–Crippen LogP) is 3.17. The predicted molar refractivity (Wildman–Crippen MR) is 80.4 cm³/mol. The standard InChI is InChI=1S/C14H19BrN4/c1-4-13-17-14(5-2)19(18-13)12-7-6-10(9(3)16)8-11(12)15/h6-9H,4-5,16H2,1-3H3/t9-/m0/s1. The SMILES string of the molecule is CCc1nc(CC)n(-c2ccc([C@H](C)N)cc2Br)n1. The van der Waals surface area contributed by atoms with Gasteiger partial charge in [0.15, 0.2) is 5.82 Å². The first-order valence-electron chi connectivity index (χ1n) is 6.57. The van der Waals surface area contributed by atoms with Gasteiger partial charge >= 0.3 is 0 Å². The highest BCUT2D eigenvalue weighted by Gasteiger charge is 2.12. The van der Waals surface area contributed by atoms with Gasteiger partial charge in [0, 0.05) is 23.4 Å². The average Bonchev–Trinajstić information content (AvgIpc) is 2.81. The van der Waals surface area contributed by atoms with Crippen LogP contribution in [-0.4, -0.2) is 14.8 Å². The molecule has 5 heteroatoms. The number of nitrogens with two attached hydrogens (primary N) is 1. The van der Waals surface area contributed by atoms with E-state index in [1.807, 2.05) is 29.8 Å². The summed E-state index contributed by atoms with van der Waals surface area (Å²) >= 11 is 3.60. The zero-order valence-corrected chi connectivity index (χ0v) is 13.1. The van der Waals surface area contributed by atoms with Crippen LogP contribution < -0.4 is 5.73 Å². The second-order valence-corrected chi connectivity index (χ2v) is 5.42. The van der Waals surface area contributed by atoms with E-state index < -0.39 is 0 Å². The second kappa shape index (κ2) is 5.84. The van der Waals surface area contributed by atoms with Crippen LogP contribution in [0.25, 0.3) is 5.69 Å². The fraction of sp³-hybridized carbons (Fsp3) is 0.429. The van der Waals surface area contributed by atoms with Crippen molar-refractivity contribution in [2.75, 3.05) is 0 Å². The van der Waals surface area contributed by atoms with E-state index in [0.29, 0.717) is 0 Å². The Bertz CT molecular complexity index is 575. The maximum Gasteiger partial charge on any atom is 0.151 e. The highest BCUT2D eigenvalue weighted by Crippen LogP contribution is 2.25. The topological polar surface area (TPSA) is 56.7 Å². The number of nitrogens with zero attached hydrogens (tertiary/aromatic N) is 3. The van der Waals surface area contributed by atoms with E-state index in [1.165, 1.54) is 0 Å². The van der Waals surface area contributed by atoms with Gasteiger partial charge in [0.25, 0.3) is 0 Å². The molecule has 1 atom stereocenters. The molecule has 0 fully saturated rings. The van der Waals surface area contributed by atoms with Gasteiger partial charge < -0.3 is 5.73 Å². The summed E-state index contributed by atoms with van der Waals surface area (Å²) in [7, 11) is 0. The van der Waals surface area contributed by atoms with Gasteiger partial charge in [0.2, 0.25) is 0 Å². The Morgan fingerprint density at radius 1 is 1.32 bits per heavy atom. The number of halogens is 1. The lowest BCUT2D eigenvalue weighted by Crippen LogP contribution is -2.07. The van der Waals surface area contributed by atoms with Crippen molar-refractivity contribution in [3.8, 4) is 5.69 Å². The lowest BCUT2D eigenvalue weighted by Gasteiger charge is -2.11. The Kier molecular flexibility index (Phi) is 4.37. The molecule has 0 saturated carbocycles. The van der Waals surface area contributed by atoms with Crippen LogP contribution in [0.1, 0.15) is 44.0 Å². The monoisotopic (exact) mass is 322 g/mol. The van der Waals surface area contributed by atoms with Crippen LogP contribution in [0.5, 0.6) is 0 Å². The van der Waals surface area contributed by atoms with Crippen LogP contribution in [0.4, 0.5) is 0 Å². The molecule has 0 spiro atoms.